The third-order valence-electron chi connectivity index (χ3n) is 6.13. The van der Waals surface area contributed by atoms with Gasteiger partial charge in [0.1, 0.15) is 12.9 Å². The van der Waals surface area contributed by atoms with Gasteiger partial charge in [-0.25, -0.2) is 4.68 Å². The standard InChI is InChI=1S/C20H28N6O2S/c1-20(2,3)15-4-5-16-14(10-15)11-17(29-16)19(28)25-8-6-24(7-9-25)18(27)12-26-13-21-22-23-26/h11,13,15H,4-10,12H2,1-3H3. The minimum absolute atomic E-state index is 0.0239. The highest BCUT2D eigenvalue weighted by Gasteiger charge is 2.32. The van der Waals surface area contributed by atoms with Crippen LogP contribution in [0.3, 0.4) is 0 Å². The average molecular weight is 417 g/mol. The highest BCUT2D eigenvalue weighted by molar-refractivity contribution is 7.14. The van der Waals surface area contributed by atoms with Gasteiger partial charge in [0.25, 0.3) is 5.91 Å². The molecule has 4 rings (SSSR count). The Kier molecular flexibility index (Phi) is 5.42. The van der Waals surface area contributed by atoms with Gasteiger partial charge in [0.15, 0.2) is 0 Å². The fraction of sp³-hybridized carbons (Fsp3) is 0.650. The number of carbonyl (C=O) groups excluding carboxylic acids is 2. The molecule has 2 amide bonds. The zero-order valence-electron chi connectivity index (χ0n) is 17.3. The van der Waals surface area contributed by atoms with Crippen molar-refractivity contribution in [2.75, 3.05) is 26.2 Å². The Hall–Kier alpha value is -2.29. The molecule has 1 unspecified atom stereocenters. The van der Waals surface area contributed by atoms with Crippen molar-refractivity contribution in [3.8, 4) is 0 Å². The zero-order valence-corrected chi connectivity index (χ0v) is 18.1. The Morgan fingerprint density at radius 3 is 2.55 bits per heavy atom. The van der Waals surface area contributed by atoms with Crippen molar-refractivity contribution in [2.24, 2.45) is 11.3 Å². The van der Waals surface area contributed by atoms with Crippen LogP contribution in [0.1, 0.15) is 47.3 Å². The minimum Gasteiger partial charge on any atom is -0.338 e. The number of hydrogen-bond donors (Lipinski definition) is 0. The fourth-order valence-electron chi connectivity index (χ4n) is 4.17. The van der Waals surface area contributed by atoms with Crippen molar-refractivity contribution < 1.29 is 9.59 Å². The van der Waals surface area contributed by atoms with Gasteiger partial charge in [-0.05, 0) is 52.7 Å². The van der Waals surface area contributed by atoms with E-state index in [0.29, 0.717) is 37.5 Å². The number of aromatic nitrogens is 4. The summed E-state index contributed by atoms with van der Waals surface area (Å²) in [4.78, 5) is 31.3. The molecule has 2 aliphatic rings. The first-order valence-corrected chi connectivity index (χ1v) is 11.0. The summed E-state index contributed by atoms with van der Waals surface area (Å²) < 4.78 is 1.42. The van der Waals surface area contributed by atoms with E-state index in [9.17, 15) is 9.59 Å². The molecule has 0 saturated carbocycles. The smallest absolute Gasteiger partial charge is 0.264 e. The summed E-state index contributed by atoms with van der Waals surface area (Å²) in [5.41, 5.74) is 1.66. The van der Waals surface area contributed by atoms with E-state index in [4.69, 9.17) is 0 Å². The van der Waals surface area contributed by atoms with Crippen LogP contribution in [0.25, 0.3) is 0 Å². The van der Waals surface area contributed by atoms with Crippen molar-refractivity contribution >= 4 is 23.2 Å². The summed E-state index contributed by atoms with van der Waals surface area (Å²) in [5.74, 6) is 0.746. The van der Waals surface area contributed by atoms with Gasteiger partial charge in [-0.2, -0.15) is 0 Å². The van der Waals surface area contributed by atoms with Gasteiger partial charge in [0.05, 0.1) is 4.88 Å². The molecule has 0 spiro atoms. The third-order valence-corrected chi connectivity index (χ3v) is 7.35. The molecule has 0 aromatic carbocycles. The lowest BCUT2D eigenvalue weighted by molar-refractivity contribution is -0.133. The van der Waals surface area contributed by atoms with Crippen LogP contribution in [0.5, 0.6) is 0 Å². The number of tetrazole rings is 1. The largest absolute Gasteiger partial charge is 0.338 e. The molecule has 2 aromatic heterocycles. The highest BCUT2D eigenvalue weighted by Crippen LogP contribution is 2.40. The maximum atomic E-state index is 13.0. The second-order valence-corrected chi connectivity index (χ2v) is 10.2. The quantitative estimate of drug-likeness (QED) is 0.763. The van der Waals surface area contributed by atoms with Crippen LogP contribution in [0.4, 0.5) is 0 Å². The number of rotatable bonds is 3. The molecule has 2 aromatic rings. The van der Waals surface area contributed by atoms with Crippen LogP contribution in [-0.4, -0.2) is 68.0 Å². The van der Waals surface area contributed by atoms with Crippen molar-refractivity contribution in [1.82, 2.24) is 30.0 Å². The van der Waals surface area contributed by atoms with Crippen LogP contribution < -0.4 is 0 Å². The molecule has 0 bridgehead atoms. The fourth-order valence-corrected chi connectivity index (χ4v) is 5.35. The third kappa shape index (κ3) is 4.34. The molecule has 9 heteroatoms. The van der Waals surface area contributed by atoms with Crippen LogP contribution in [0, 0.1) is 11.3 Å². The Balaban J connectivity index is 1.35. The zero-order chi connectivity index (χ0) is 20.6. The maximum absolute atomic E-state index is 13.0. The molecule has 156 valence electrons. The molecule has 0 N–H and O–H groups in total. The monoisotopic (exact) mass is 416 g/mol. The number of fused-ring (bicyclic) bond motifs is 1. The van der Waals surface area contributed by atoms with Crippen LogP contribution in [-0.2, 0) is 24.2 Å². The van der Waals surface area contributed by atoms with E-state index in [1.54, 1.807) is 16.2 Å². The molecule has 1 aliphatic heterocycles. The van der Waals surface area contributed by atoms with Gasteiger partial charge in [0, 0.05) is 31.1 Å². The number of aryl methyl sites for hydroxylation is 1. The minimum atomic E-state index is -0.0239. The normalized spacial score (nSPS) is 19.9. The van der Waals surface area contributed by atoms with Gasteiger partial charge in [-0.3, -0.25) is 9.59 Å². The number of hydrogen-bond acceptors (Lipinski definition) is 6. The van der Waals surface area contributed by atoms with E-state index in [1.165, 1.54) is 27.9 Å². The Bertz CT molecular complexity index is 877. The maximum Gasteiger partial charge on any atom is 0.264 e. The van der Waals surface area contributed by atoms with Crippen LogP contribution in [0.2, 0.25) is 0 Å². The predicted octanol–water partition coefficient (Wildman–Crippen LogP) is 1.87. The van der Waals surface area contributed by atoms with Crippen LogP contribution >= 0.6 is 11.3 Å². The number of carbonyl (C=O) groups is 2. The topological polar surface area (TPSA) is 84.2 Å². The SMILES string of the molecule is CC(C)(C)C1CCc2sc(C(=O)N3CCN(C(=O)Cn4cnnn4)CC3)cc2C1. The molecule has 0 radical (unpaired) electrons. The Labute approximate surface area is 174 Å². The molecule has 29 heavy (non-hydrogen) atoms. The summed E-state index contributed by atoms with van der Waals surface area (Å²) in [6, 6.07) is 2.12. The molecular formula is C20H28N6O2S. The first-order chi connectivity index (χ1) is 13.8. The summed E-state index contributed by atoms with van der Waals surface area (Å²) >= 11 is 1.66. The second kappa shape index (κ2) is 7.85. The van der Waals surface area contributed by atoms with Gasteiger partial charge < -0.3 is 9.80 Å². The number of piperazine rings is 1. The van der Waals surface area contributed by atoms with Crippen molar-refractivity contribution in [1.29, 1.82) is 0 Å². The van der Waals surface area contributed by atoms with E-state index in [1.807, 2.05) is 4.90 Å². The van der Waals surface area contributed by atoms with Gasteiger partial charge in [-0.15, -0.1) is 16.4 Å². The molecular weight excluding hydrogens is 388 g/mol. The lowest BCUT2D eigenvalue weighted by Crippen LogP contribution is -2.51. The molecule has 1 aliphatic carbocycles. The molecule has 1 fully saturated rings. The van der Waals surface area contributed by atoms with E-state index < -0.39 is 0 Å². The van der Waals surface area contributed by atoms with Crippen molar-refractivity contribution in [3.05, 3.63) is 27.7 Å². The van der Waals surface area contributed by atoms with Crippen LogP contribution in [0.15, 0.2) is 12.4 Å². The number of thiophene rings is 1. The molecule has 3 heterocycles. The molecule has 1 saturated heterocycles. The lowest BCUT2D eigenvalue weighted by atomic mass is 9.72. The number of amides is 2. The average Bonchev–Trinajstić information content (AvgIpc) is 3.35. The summed E-state index contributed by atoms with van der Waals surface area (Å²) in [7, 11) is 0. The second-order valence-electron chi connectivity index (χ2n) is 9.05. The van der Waals surface area contributed by atoms with Crippen molar-refractivity contribution in [2.45, 2.75) is 46.6 Å². The molecule has 1 atom stereocenters. The van der Waals surface area contributed by atoms with E-state index in [-0.39, 0.29) is 18.4 Å². The highest BCUT2D eigenvalue weighted by atomic mass is 32.1. The molecule has 8 nitrogen and oxygen atoms in total. The predicted molar refractivity (Wildman–Crippen MR) is 110 cm³/mol. The summed E-state index contributed by atoms with van der Waals surface area (Å²) in [5, 5.41) is 10.8. The first kappa shape index (κ1) is 20.0. The van der Waals surface area contributed by atoms with Crippen molar-refractivity contribution in [3.63, 3.8) is 0 Å². The van der Waals surface area contributed by atoms with Gasteiger partial charge >= 0.3 is 0 Å². The summed E-state index contributed by atoms with van der Waals surface area (Å²) in [6.07, 6.45) is 4.78. The summed E-state index contributed by atoms with van der Waals surface area (Å²) in [6.45, 7) is 9.27. The van der Waals surface area contributed by atoms with Gasteiger partial charge in [0.2, 0.25) is 5.91 Å². The van der Waals surface area contributed by atoms with E-state index >= 15 is 0 Å². The Morgan fingerprint density at radius 2 is 1.90 bits per heavy atom. The lowest BCUT2D eigenvalue weighted by Gasteiger charge is -2.34. The van der Waals surface area contributed by atoms with E-state index in [2.05, 4.69) is 42.4 Å². The van der Waals surface area contributed by atoms with E-state index in [0.717, 1.165) is 17.7 Å². The number of nitrogens with zero attached hydrogens (tertiary/aromatic N) is 6. The Morgan fingerprint density at radius 1 is 1.17 bits per heavy atom. The first-order valence-electron chi connectivity index (χ1n) is 10.2. The van der Waals surface area contributed by atoms with Gasteiger partial charge in [-0.1, -0.05) is 20.8 Å².